The van der Waals surface area contributed by atoms with Crippen LogP contribution < -0.4 is 4.90 Å². The zero-order valence-electron chi connectivity index (χ0n) is 13.1. The Morgan fingerprint density at radius 2 is 2.29 bits per heavy atom. The summed E-state index contributed by atoms with van der Waals surface area (Å²) >= 11 is 0. The van der Waals surface area contributed by atoms with Gasteiger partial charge in [-0.25, -0.2) is 9.78 Å². The summed E-state index contributed by atoms with van der Waals surface area (Å²) in [5.41, 5.74) is 2.44. The van der Waals surface area contributed by atoms with Crippen LogP contribution in [0, 0.1) is 0 Å². The second kappa shape index (κ2) is 5.63. The second-order valence-corrected chi connectivity index (χ2v) is 6.07. The van der Waals surface area contributed by atoms with Crippen molar-refractivity contribution >= 4 is 33.8 Å². The van der Waals surface area contributed by atoms with E-state index in [9.17, 15) is 4.79 Å². The van der Waals surface area contributed by atoms with Crippen LogP contribution in [-0.2, 0) is 4.74 Å². The van der Waals surface area contributed by atoms with E-state index in [1.165, 1.54) is 0 Å². The van der Waals surface area contributed by atoms with Crippen molar-refractivity contribution < 1.29 is 14.6 Å². The van der Waals surface area contributed by atoms with Crippen LogP contribution in [-0.4, -0.2) is 50.1 Å². The van der Waals surface area contributed by atoms with Gasteiger partial charge in [0.25, 0.3) is 0 Å². The number of carbonyl (C=O) groups is 1. The topological polar surface area (TPSA) is 104 Å². The van der Waals surface area contributed by atoms with Crippen molar-refractivity contribution in [3.05, 3.63) is 24.7 Å². The molecule has 0 amide bonds. The van der Waals surface area contributed by atoms with Gasteiger partial charge in [0.05, 0.1) is 24.6 Å². The predicted molar refractivity (Wildman–Crippen MR) is 88.1 cm³/mol. The molecular formula is C16H17N5O3. The Bertz CT molecular complexity index is 909. The summed E-state index contributed by atoms with van der Waals surface area (Å²) in [6.07, 6.45) is 5.27. The summed E-state index contributed by atoms with van der Waals surface area (Å²) in [5.74, 6) is 0. The summed E-state index contributed by atoms with van der Waals surface area (Å²) < 4.78 is 5.00. The molecule has 0 spiro atoms. The number of nitrogens with one attached hydrogen (secondary N) is 1. The third-order valence-corrected chi connectivity index (χ3v) is 4.58. The normalized spacial score (nSPS) is 21.3. The van der Waals surface area contributed by atoms with E-state index < -0.39 is 6.16 Å². The first-order valence-corrected chi connectivity index (χ1v) is 7.87. The van der Waals surface area contributed by atoms with E-state index in [0.29, 0.717) is 12.1 Å². The molecule has 1 aliphatic rings. The van der Waals surface area contributed by atoms with E-state index in [4.69, 9.17) is 9.84 Å². The average Bonchev–Trinajstić information content (AvgIpc) is 3.04. The van der Waals surface area contributed by atoms with Crippen LogP contribution >= 0.6 is 0 Å². The van der Waals surface area contributed by atoms with Crippen molar-refractivity contribution in [1.29, 1.82) is 0 Å². The number of aromatic nitrogens is 4. The van der Waals surface area contributed by atoms with Crippen LogP contribution in [0.4, 0.5) is 10.5 Å². The van der Waals surface area contributed by atoms with E-state index in [-0.39, 0.29) is 12.1 Å². The van der Waals surface area contributed by atoms with Gasteiger partial charge in [-0.2, -0.15) is 5.10 Å². The molecule has 4 rings (SSSR count). The standard InChI is InChI=1S/C16H17N5O3/c1-9-2-3-10(24-16(22)23)8-21(9)13-7-19-20-12-6-18-15-11(14(12)13)4-5-17-15/h4-7,9-10H,2-3,8H2,1H3,(H,17,18)(H,22,23). The molecule has 1 aliphatic heterocycles. The number of hydrogen-bond donors (Lipinski definition) is 2. The molecule has 3 aromatic heterocycles. The van der Waals surface area contributed by atoms with Crippen LogP contribution in [0.1, 0.15) is 19.8 Å². The maximum atomic E-state index is 10.9. The number of carboxylic acid groups (broad SMARTS) is 1. The number of nitrogens with zero attached hydrogens (tertiary/aromatic N) is 4. The van der Waals surface area contributed by atoms with Crippen LogP contribution in [0.25, 0.3) is 21.9 Å². The SMILES string of the molecule is CC1CCC(OC(=O)O)CN1c1cnnc2cnc3[nH]ccc3c12. The number of H-pyrrole nitrogens is 1. The first-order chi connectivity index (χ1) is 11.6. The van der Waals surface area contributed by atoms with Crippen molar-refractivity contribution in [2.24, 2.45) is 0 Å². The number of piperidine rings is 1. The summed E-state index contributed by atoms with van der Waals surface area (Å²) in [5, 5.41) is 19.1. The Morgan fingerprint density at radius 1 is 1.42 bits per heavy atom. The van der Waals surface area contributed by atoms with Gasteiger partial charge in [-0.05, 0) is 25.8 Å². The summed E-state index contributed by atoms with van der Waals surface area (Å²) in [7, 11) is 0. The molecule has 0 aromatic carbocycles. The minimum absolute atomic E-state index is 0.258. The maximum absolute atomic E-state index is 10.9. The minimum Gasteiger partial charge on any atom is -0.450 e. The Balaban J connectivity index is 1.82. The van der Waals surface area contributed by atoms with Crippen LogP contribution in [0.15, 0.2) is 24.7 Å². The molecular weight excluding hydrogens is 310 g/mol. The summed E-state index contributed by atoms with van der Waals surface area (Å²) in [4.78, 5) is 20.5. The Kier molecular flexibility index (Phi) is 3.44. The molecule has 0 aliphatic carbocycles. The Morgan fingerprint density at radius 3 is 3.12 bits per heavy atom. The fraction of sp³-hybridized carbons (Fsp3) is 0.375. The molecule has 4 heterocycles. The highest BCUT2D eigenvalue weighted by atomic mass is 16.7. The summed E-state index contributed by atoms with van der Waals surface area (Å²) in [6, 6.07) is 2.23. The van der Waals surface area contributed by atoms with Crippen LogP contribution in [0.3, 0.4) is 0 Å². The highest BCUT2D eigenvalue weighted by Gasteiger charge is 2.29. The Labute approximate surface area is 137 Å². The molecule has 1 fully saturated rings. The van der Waals surface area contributed by atoms with E-state index >= 15 is 0 Å². The van der Waals surface area contributed by atoms with Gasteiger partial charge in [0, 0.05) is 23.0 Å². The van der Waals surface area contributed by atoms with E-state index in [1.807, 2.05) is 12.3 Å². The molecule has 0 bridgehead atoms. The molecule has 24 heavy (non-hydrogen) atoms. The molecule has 124 valence electrons. The fourth-order valence-corrected chi connectivity index (χ4v) is 3.42. The number of hydrogen-bond acceptors (Lipinski definition) is 6. The van der Waals surface area contributed by atoms with Gasteiger partial charge in [-0.3, -0.25) is 0 Å². The molecule has 0 radical (unpaired) electrons. The molecule has 3 aromatic rings. The number of aromatic amines is 1. The lowest BCUT2D eigenvalue weighted by Gasteiger charge is -2.39. The van der Waals surface area contributed by atoms with Crippen molar-refractivity contribution in [1.82, 2.24) is 20.2 Å². The first kappa shape index (κ1) is 14.7. The van der Waals surface area contributed by atoms with Crippen LogP contribution in [0.2, 0.25) is 0 Å². The smallest absolute Gasteiger partial charge is 0.450 e. The number of pyridine rings is 1. The third kappa shape index (κ3) is 2.40. The van der Waals surface area contributed by atoms with Crippen molar-refractivity contribution in [2.75, 3.05) is 11.4 Å². The van der Waals surface area contributed by atoms with Gasteiger partial charge < -0.3 is 19.7 Å². The number of anilines is 1. The monoisotopic (exact) mass is 327 g/mol. The van der Waals surface area contributed by atoms with E-state index in [2.05, 4.69) is 32.0 Å². The van der Waals surface area contributed by atoms with E-state index in [0.717, 1.165) is 34.9 Å². The van der Waals surface area contributed by atoms with Gasteiger partial charge in [-0.1, -0.05) is 0 Å². The highest BCUT2D eigenvalue weighted by molar-refractivity contribution is 6.09. The molecule has 8 nitrogen and oxygen atoms in total. The van der Waals surface area contributed by atoms with Crippen LogP contribution in [0.5, 0.6) is 0 Å². The molecule has 8 heteroatoms. The molecule has 2 unspecified atom stereocenters. The van der Waals surface area contributed by atoms with Crippen molar-refractivity contribution in [3.63, 3.8) is 0 Å². The quantitative estimate of drug-likeness (QED) is 0.697. The zero-order chi connectivity index (χ0) is 16.7. The minimum atomic E-state index is -1.23. The summed E-state index contributed by atoms with van der Waals surface area (Å²) in [6.45, 7) is 2.63. The Hall–Kier alpha value is -2.90. The van der Waals surface area contributed by atoms with Gasteiger partial charge in [0.1, 0.15) is 17.3 Å². The molecule has 2 N–H and O–H groups in total. The van der Waals surface area contributed by atoms with E-state index in [1.54, 1.807) is 12.4 Å². The fourth-order valence-electron chi connectivity index (χ4n) is 3.42. The van der Waals surface area contributed by atoms with Gasteiger partial charge in [0.15, 0.2) is 0 Å². The third-order valence-electron chi connectivity index (χ3n) is 4.58. The van der Waals surface area contributed by atoms with Gasteiger partial charge in [-0.15, -0.1) is 5.10 Å². The lowest BCUT2D eigenvalue weighted by Crippen LogP contribution is -2.45. The lowest BCUT2D eigenvalue weighted by molar-refractivity contribution is 0.0427. The molecule has 2 atom stereocenters. The van der Waals surface area contributed by atoms with Gasteiger partial charge in [0.2, 0.25) is 0 Å². The molecule has 0 saturated carbocycles. The largest absolute Gasteiger partial charge is 0.506 e. The highest BCUT2D eigenvalue weighted by Crippen LogP contribution is 2.34. The van der Waals surface area contributed by atoms with Crippen molar-refractivity contribution in [2.45, 2.75) is 31.9 Å². The number of fused-ring (bicyclic) bond motifs is 3. The molecule has 1 saturated heterocycles. The zero-order valence-corrected chi connectivity index (χ0v) is 13.1. The number of rotatable bonds is 2. The second-order valence-electron chi connectivity index (χ2n) is 6.07. The van der Waals surface area contributed by atoms with Gasteiger partial charge >= 0.3 is 6.16 Å². The lowest BCUT2D eigenvalue weighted by atomic mass is 9.99. The van der Waals surface area contributed by atoms with Crippen molar-refractivity contribution in [3.8, 4) is 0 Å². The average molecular weight is 327 g/mol. The predicted octanol–water partition coefficient (Wildman–Crippen LogP) is 2.56. The first-order valence-electron chi connectivity index (χ1n) is 7.87. The number of ether oxygens (including phenoxy) is 1. The maximum Gasteiger partial charge on any atom is 0.506 e.